The van der Waals surface area contributed by atoms with Crippen LogP contribution >= 0.6 is 15.9 Å². The molecule has 0 aliphatic carbocycles. The number of rotatable bonds is 3. The molecular formula is C12H13BrO2. The van der Waals surface area contributed by atoms with Crippen molar-refractivity contribution in [1.82, 2.24) is 0 Å². The SMILES string of the molecule is O=CC(c1cccc(Br)c1)C1CCOC1. The molecular weight excluding hydrogens is 256 g/mol. The van der Waals surface area contributed by atoms with Gasteiger partial charge in [0.1, 0.15) is 6.29 Å². The molecule has 1 aliphatic heterocycles. The molecule has 1 aromatic rings. The van der Waals surface area contributed by atoms with Gasteiger partial charge in [0.25, 0.3) is 0 Å². The molecule has 0 saturated carbocycles. The molecule has 0 aromatic heterocycles. The van der Waals surface area contributed by atoms with Gasteiger partial charge in [-0.25, -0.2) is 0 Å². The normalized spacial score (nSPS) is 22.6. The van der Waals surface area contributed by atoms with E-state index >= 15 is 0 Å². The fourth-order valence-electron chi connectivity index (χ4n) is 2.01. The summed E-state index contributed by atoms with van der Waals surface area (Å²) in [5.74, 6) is 0.321. The molecule has 80 valence electrons. The van der Waals surface area contributed by atoms with Crippen LogP contribution in [-0.2, 0) is 9.53 Å². The van der Waals surface area contributed by atoms with Crippen molar-refractivity contribution in [2.75, 3.05) is 13.2 Å². The first-order valence-electron chi connectivity index (χ1n) is 5.10. The molecule has 0 amide bonds. The van der Waals surface area contributed by atoms with E-state index in [0.717, 1.165) is 29.4 Å². The van der Waals surface area contributed by atoms with Crippen LogP contribution in [0.25, 0.3) is 0 Å². The van der Waals surface area contributed by atoms with Crippen LogP contribution in [-0.4, -0.2) is 19.5 Å². The van der Waals surface area contributed by atoms with Gasteiger partial charge in [-0.15, -0.1) is 0 Å². The van der Waals surface area contributed by atoms with E-state index in [4.69, 9.17) is 4.74 Å². The molecule has 2 unspecified atom stereocenters. The molecule has 15 heavy (non-hydrogen) atoms. The molecule has 0 N–H and O–H groups in total. The molecule has 1 aromatic carbocycles. The Hall–Kier alpha value is -0.670. The van der Waals surface area contributed by atoms with E-state index in [-0.39, 0.29) is 5.92 Å². The quantitative estimate of drug-likeness (QED) is 0.789. The van der Waals surface area contributed by atoms with E-state index in [2.05, 4.69) is 15.9 Å². The summed E-state index contributed by atoms with van der Waals surface area (Å²) in [4.78, 5) is 11.1. The van der Waals surface area contributed by atoms with E-state index in [1.807, 2.05) is 24.3 Å². The van der Waals surface area contributed by atoms with Crippen molar-refractivity contribution in [2.45, 2.75) is 12.3 Å². The van der Waals surface area contributed by atoms with Crippen LogP contribution in [0, 0.1) is 5.92 Å². The van der Waals surface area contributed by atoms with Crippen LogP contribution in [0.5, 0.6) is 0 Å². The predicted octanol–water partition coefficient (Wildman–Crippen LogP) is 2.77. The smallest absolute Gasteiger partial charge is 0.127 e. The maximum atomic E-state index is 11.1. The topological polar surface area (TPSA) is 26.3 Å². The highest BCUT2D eigenvalue weighted by molar-refractivity contribution is 9.10. The summed E-state index contributed by atoms with van der Waals surface area (Å²) in [6.07, 6.45) is 2.02. The highest BCUT2D eigenvalue weighted by atomic mass is 79.9. The van der Waals surface area contributed by atoms with Gasteiger partial charge in [0.15, 0.2) is 0 Å². The van der Waals surface area contributed by atoms with Crippen molar-refractivity contribution in [3.63, 3.8) is 0 Å². The molecule has 1 heterocycles. The molecule has 2 atom stereocenters. The number of ether oxygens (including phenoxy) is 1. The highest BCUT2D eigenvalue weighted by Crippen LogP contribution is 2.30. The zero-order valence-electron chi connectivity index (χ0n) is 8.36. The lowest BCUT2D eigenvalue weighted by Gasteiger charge is -2.16. The van der Waals surface area contributed by atoms with Gasteiger partial charge in [0, 0.05) is 17.0 Å². The second-order valence-corrected chi connectivity index (χ2v) is 4.76. The largest absolute Gasteiger partial charge is 0.381 e. The van der Waals surface area contributed by atoms with Gasteiger partial charge >= 0.3 is 0 Å². The Kier molecular flexibility index (Phi) is 3.54. The summed E-state index contributed by atoms with van der Waals surface area (Å²) in [5, 5.41) is 0. The zero-order valence-corrected chi connectivity index (χ0v) is 9.94. The lowest BCUT2D eigenvalue weighted by Crippen LogP contribution is -2.14. The first-order chi connectivity index (χ1) is 7.31. The first-order valence-corrected chi connectivity index (χ1v) is 5.89. The Morgan fingerprint density at radius 3 is 3.00 bits per heavy atom. The van der Waals surface area contributed by atoms with Crippen molar-refractivity contribution >= 4 is 22.2 Å². The molecule has 1 saturated heterocycles. The molecule has 2 rings (SSSR count). The minimum Gasteiger partial charge on any atom is -0.381 e. The molecule has 0 radical (unpaired) electrons. The second kappa shape index (κ2) is 4.90. The molecule has 0 bridgehead atoms. The van der Waals surface area contributed by atoms with Crippen molar-refractivity contribution in [3.8, 4) is 0 Å². The van der Waals surface area contributed by atoms with E-state index in [9.17, 15) is 4.79 Å². The van der Waals surface area contributed by atoms with E-state index in [1.165, 1.54) is 0 Å². The molecule has 1 fully saturated rings. The Morgan fingerprint density at radius 1 is 1.53 bits per heavy atom. The first kappa shape index (κ1) is 10.8. The van der Waals surface area contributed by atoms with E-state index in [1.54, 1.807) is 0 Å². The summed E-state index contributed by atoms with van der Waals surface area (Å²) in [7, 11) is 0. The van der Waals surface area contributed by atoms with E-state index < -0.39 is 0 Å². The van der Waals surface area contributed by atoms with Crippen molar-refractivity contribution in [1.29, 1.82) is 0 Å². The Morgan fingerprint density at radius 2 is 2.40 bits per heavy atom. The average Bonchev–Trinajstić information content (AvgIpc) is 2.72. The number of aldehydes is 1. The van der Waals surface area contributed by atoms with Gasteiger partial charge in [-0.05, 0) is 30.0 Å². The van der Waals surface area contributed by atoms with E-state index in [0.29, 0.717) is 12.5 Å². The van der Waals surface area contributed by atoms with Crippen LogP contribution in [0.4, 0.5) is 0 Å². The zero-order chi connectivity index (χ0) is 10.7. The highest BCUT2D eigenvalue weighted by Gasteiger charge is 2.26. The molecule has 1 aliphatic rings. The van der Waals surface area contributed by atoms with Crippen molar-refractivity contribution in [2.24, 2.45) is 5.92 Å². The van der Waals surface area contributed by atoms with Crippen molar-refractivity contribution in [3.05, 3.63) is 34.3 Å². The fourth-order valence-corrected chi connectivity index (χ4v) is 2.43. The minimum absolute atomic E-state index is 0.0231. The molecule has 0 spiro atoms. The van der Waals surface area contributed by atoms with Crippen molar-refractivity contribution < 1.29 is 9.53 Å². The number of hydrogen-bond donors (Lipinski definition) is 0. The van der Waals surface area contributed by atoms with Gasteiger partial charge in [-0.2, -0.15) is 0 Å². The second-order valence-electron chi connectivity index (χ2n) is 3.84. The number of carbonyl (C=O) groups excluding carboxylic acids is 1. The Labute approximate surface area is 97.8 Å². The van der Waals surface area contributed by atoms with Crippen LogP contribution in [0.2, 0.25) is 0 Å². The number of carbonyl (C=O) groups is 1. The summed E-state index contributed by atoms with van der Waals surface area (Å²) < 4.78 is 6.34. The van der Waals surface area contributed by atoms with Gasteiger partial charge in [0.05, 0.1) is 6.61 Å². The maximum absolute atomic E-state index is 11.1. The third-order valence-electron chi connectivity index (χ3n) is 2.85. The predicted molar refractivity (Wildman–Crippen MR) is 61.9 cm³/mol. The Bertz CT molecular complexity index is 345. The van der Waals surface area contributed by atoms with Gasteiger partial charge in [0.2, 0.25) is 0 Å². The standard InChI is InChI=1S/C12H13BrO2/c13-11-3-1-2-9(6-11)12(7-14)10-4-5-15-8-10/h1-3,6-7,10,12H,4-5,8H2. The monoisotopic (exact) mass is 268 g/mol. The molecule has 2 nitrogen and oxygen atoms in total. The lowest BCUT2D eigenvalue weighted by atomic mass is 9.87. The number of halogens is 1. The maximum Gasteiger partial charge on any atom is 0.127 e. The summed E-state index contributed by atoms with van der Waals surface area (Å²) >= 11 is 3.42. The number of benzene rings is 1. The summed E-state index contributed by atoms with van der Waals surface area (Å²) in [5.41, 5.74) is 1.08. The lowest BCUT2D eigenvalue weighted by molar-refractivity contribution is -0.110. The van der Waals surface area contributed by atoms with Gasteiger partial charge < -0.3 is 9.53 Å². The number of hydrogen-bond acceptors (Lipinski definition) is 2. The third-order valence-corrected chi connectivity index (χ3v) is 3.35. The third kappa shape index (κ3) is 2.47. The van der Waals surface area contributed by atoms with Gasteiger partial charge in [-0.1, -0.05) is 28.1 Å². The fraction of sp³-hybridized carbons (Fsp3) is 0.417. The Balaban J connectivity index is 2.21. The molecule has 3 heteroatoms. The minimum atomic E-state index is -0.0231. The van der Waals surface area contributed by atoms with Gasteiger partial charge in [-0.3, -0.25) is 0 Å². The summed E-state index contributed by atoms with van der Waals surface area (Å²) in [6.45, 7) is 1.49. The van der Waals surface area contributed by atoms with Crippen LogP contribution < -0.4 is 0 Å². The summed E-state index contributed by atoms with van der Waals surface area (Å²) in [6, 6.07) is 7.95. The van der Waals surface area contributed by atoms with Crippen LogP contribution in [0.3, 0.4) is 0 Å². The average molecular weight is 269 g/mol. The van der Waals surface area contributed by atoms with Crippen LogP contribution in [0.15, 0.2) is 28.7 Å². The van der Waals surface area contributed by atoms with Crippen LogP contribution in [0.1, 0.15) is 17.9 Å².